The minimum Gasteiger partial charge on any atom is -0.388 e. The highest BCUT2D eigenvalue weighted by Crippen LogP contribution is 2.32. The Morgan fingerprint density at radius 2 is 2.25 bits per heavy atom. The first-order valence-electron chi connectivity index (χ1n) is 5.18. The third kappa shape index (κ3) is 2.31. The molecule has 0 radical (unpaired) electrons. The molecule has 1 unspecified atom stereocenters. The van der Waals surface area contributed by atoms with E-state index in [1.54, 1.807) is 12.1 Å². The number of rotatable bonds is 4. The molecule has 3 heteroatoms. The lowest BCUT2D eigenvalue weighted by Crippen LogP contribution is -1.92. The molecule has 1 N–H and O–H groups in total. The van der Waals surface area contributed by atoms with Gasteiger partial charge in [-0.3, -0.25) is 0 Å². The second-order valence-electron chi connectivity index (χ2n) is 3.71. The number of allylic oxidation sites excluding steroid dienone is 1. The first-order valence-corrected chi connectivity index (χ1v) is 6.00. The van der Waals surface area contributed by atoms with E-state index in [4.69, 9.17) is 0 Å². The maximum absolute atomic E-state index is 13.0. The molecule has 0 bridgehead atoms. The molecule has 2 aromatic rings. The number of thiophene rings is 1. The predicted molar refractivity (Wildman–Crippen MR) is 66.2 cm³/mol. The number of hydrogen-bond acceptors (Lipinski definition) is 2. The van der Waals surface area contributed by atoms with Gasteiger partial charge < -0.3 is 5.11 Å². The fourth-order valence-corrected chi connectivity index (χ4v) is 2.72. The van der Waals surface area contributed by atoms with Crippen molar-refractivity contribution in [2.24, 2.45) is 0 Å². The Morgan fingerprint density at radius 3 is 3.00 bits per heavy atom. The first kappa shape index (κ1) is 11.3. The molecule has 1 aromatic carbocycles. The second-order valence-corrected chi connectivity index (χ2v) is 4.83. The summed E-state index contributed by atoms with van der Waals surface area (Å²) in [6, 6.07) is 6.61. The van der Waals surface area contributed by atoms with E-state index >= 15 is 0 Å². The quantitative estimate of drug-likeness (QED) is 0.794. The smallest absolute Gasteiger partial charge is 0.124 e. The van der Waals surface area contributed by atoms with Crippen molar-refractivity contribution in [3.8, 4) is 0 Å². The van der Waals surface area contributed by atoms with E-state index in [1.807, 2.05) is 6.07 Å². The van der Waals surface area contributed by atoms with Crippen LogP contribution in [0.1, 0.15) is 23.8 Å². The standard InChI is InChI=1S/C13H13FOS/c1-2-3-4-11(15)13-7-9-5-6-10(14)8-12(9)16-13/h2,5-8,11,15H,1,3-4H2. The van der Waals surface area contributed by atoms with Gasteiger partial charge >= 0.3 is 0 Å². The van der Waals surface area contributed by atoms with E-state index in [0.717, 1.165) is 21.4 Å². The lowest BCUT2D eigenvalue weighted by Gasteiger charge is -2.04. The third-order valence-corrected chi connectivity index (χ3v) is 3.67. The Bertz CT molecular complexity index is 504. The Kier molecular flexibility index (Phi) is 3.36. The molecule has 1 heterocycles. The van der Waals surface area contributed by atoms with E-state index in [0.29, 0.717) is 6.42 Å². The molecule has 84 valence electrons. The molecule has 2 rings (SSSR count). The van der Waals surface area contributed by atoms with Crippen molar-refractivity contribution >= 4 is 21.4 Å². The number of aliphatic hydroxyl groups is 1. The van der Waals surface area contributed by atoms with Gasteiger partial charge in [0, 0.05) is 9.58 Å². The van der Waals surface area contributed by atoms with Crippen LogP contribution in [0.5, 0.6) is 0 Å². The molecule has 16 heavy (non-hydrogen) atoms. The fraction of sp³-hybridized carbons (Fsp3) is 0.231. The van der Waals surface area contributed by atoms with Crippen molar-refractivity contribution in [1.29, 1.82) is 0 Å². The summed E-state index contributed by atoms with van der Waals surface area (Å²) >= 11 is 1.45. The summed E-state index contributed by atoms with van der Waals surface area (Å²) in [5, 5.41) is 10.9. The van der Waals surface area contributed by atoms with Crippen molar-refractivity contribution in [2.45, 2.75) is 18.9 Å². The van der Waals surface area contributed by atoms with Crippen LogP contribution in [-0.2, 0) is 0 Å². The minimum absolute atomic E-state index is 0.235. The van der Waals surface area contributed by atoms with Gasteiger partial charge in [0.05, 0.1) is 6.10 Å². The van der Waals surface area contributed by atoms with Crippen LogP contribution in [0.2, 0.25) is 0 Å². The largest absolute Gasteiger partial charge is 0.388 e. The highest BCUT2D eigenvalue weighted by Gasteiger charge is 2.10. The number of fused-ring (bicyclic) bond motifs is 1. The number of benzene rings is 1. The van der Waals surface area contributed by atoms with Crippen molar-refractivity contribution in [2.75, 3.05) is 0 Å². The van der Waals surface area contributed by atoms with E-state index in [9.17, 15) is 9.50 Å². The molecule has 0 saturated carbocycles. The number of hydrogen-bond donors (Lipinski definition) is 1. The van der Waals surface area contributed by atoms with Crippen LogP contribution >= 0.6 is 11.3 Å². The maximum Gasteiger partial charge on any atom is 0.124 e. The lowest BCUT2D eigenvalue weighted by molar-refractivity contribution is 0.172. The van der Waals surface area contributed by atoms with Crippen LogP contribution in [0.15, 0.2) is 36.9 Å². The van der Waals surface area contributed by atoms with E-state index in [-0.39, 0.29) is 5.82 Å². The molecular formula is C13H13FOS. The zero-order chi connectivity index (χ0) is 11.5. The summed E-state index contributed by atoms with van der Waals surface area (Å²) in [4.78, 5) is 0.891. The Balaban J connectivity index is 2.28. The molecule has 0 aliphatic rings. The highest BCUT2D eigenvalue weighted by atomic mass is 32.1. The van der Waals surface area contributed by atoms with Gasteiger partial charge in [0.15, 0.2) is 0 Å². The monoisotopic (exact) mass is 236 g/mol. The second kappa shape index (κ2) is 4.76. The van der Waals surface area contributed by atoms with Gasteiger partial charge in [-0.05, 0) is 36.4 Å². The molecule has 1 aromatic heterocycles. The number of aliphatic hydroxyl groups excluding tert-OH is 1. The highest BCUT2D eigenvalue weighted by molar-refractivity contribution is 7.19. The van der Waals surface area contributed by atoms with Gasteiger partial charge in [0.2, 0.25) is 0 Å². The zero-order valence-corrected chi connectivity index (χ0v) is 9.64. The first-order chi connectivity index (χ1) is 7.70. The van der Waals surface area contributed by atoms with E-state index < -0.39 is 6.10 Å². The summed E-state index contributed by atoms with van der Waals surface area (Å²) < 4.78 is 13.9. The van der Waals surface area contributed by atoms with Crippen LogP contribution in [0.3, 0.4) is 0 Å². The molecule has 1 nitrogen and oxygen atoms in total. The average molecular weight is 236 g/mol. The molecule has 0 saturated heterocycles. The van der Waals surface area contributed by atoms with Crippen LogP contribution in [0, 0.1) is 5.82 Å². The van der Waals surface area contributed by atoms with E-state index in [2.05, 4.69) is 6.58 Å². The van der Waals surface area contributed by atoms with Crippen molar-refractivity contribution in [1.82, 2.24) is 0 Å². The minimum atomic E-state index is -0.474. The topological polar surface area (TPSA) is 20.2 Å². The molecular weight excluding hydrogens is 223 g/mol. The van der Waals surface area contributed by atoms with Crippen molar-refractivity contribution in [3.05, 3.63) is 47.6 Å². The molecule has 0 spiro atoms. The average Bonchev–Trinajstić information content (AvgIpc) is 2.68. The third-order valence-electron chi connectivity index (χ3n) is 2.47. The molecule has 0 fully saturated rings. The maximum atomic E-state index is 13.0. The van der Waals surface area contributed by atoms with Gasteiger partial charge in [-0.25, -0.2) is 4.39 Å². The molecule has 1 atom stereocenters. The van der Waals surface area contributed by atoms with Crippen LogP contribution in [-0.4, -0.2) is 5.11 Å². The van der Waals surface area contributed by atoms with Crippen molar-refractivity contribution < 1.29 is 9.50 Å². The summed E-state index contributed by atoms with van der Waals surface area (Å²) in [6.45, 7) is 3.62. The SMILES string of the molecule is C=CCCC(O)c1cc2ccc(F)cc2s1. The van der Waals surface area contributed by atoms with Gasteiger partial charge in [-0.2, -0.15) is 0 Å². The van der Waals surface area contributed by atoms with Crippen LogP contribution in [0.4, 0.5) is 4.39 Å². The zero-order valence-electron chi connectivity index (χ0n) is 8.82. The Hall–Kier alpha value is -1.19. The van der Waals surface area contributed by atoms with Gasteiger partial charge in [0.25, 0.3) is 0 Å². The molecule has 0 aliphatic carbocycles. The summed E-state index contributed by atoms with van der Waals surface area (Å²) in [7, 11) is 0. The summed E-state index contributed by atoms with van der Waals surface area (Å²) in [6.07, 6.45) is 2.76. The Labute approximate surface area is 97.8 Å². The molecule has 0 aliphatic heterocycles. The van der Waals surface area contributed by atoms with Crippen LogP contribution < -0.4 is 0 Å². The lowest BCUT2D eigenvalue weighted by atomic mass is 10.1. The number of halogens is 1. The van der Waals surface area contributed by atoms with E-state index in [1.165, 1.54) is 23.5 Å². The summed E-state index contributed by atoms with van der Waals surface area (Å²) in [5.74, 6) is -0.235. The van der Waals surface area contributed by atoms with Gasteiger partial charge in [0.1, 0.15) is 5.82 Å². The van der Waals surface area contributed by atoms with Gasteiger partial charge in [-0.15, -0.1) is 17.9 Å². The fourth-order valence-electron chi connectivity index (χ4n) is 1.61. The predicted octanol–water partition coefficient (Wildman–Crippen LogP) is 4.04. The Morgan fingerprint density at radius 1 is 1.44 bits per heavy atom. The van der Waals surface area contributed by atoms with Crippen LogP contribution in [0.25, 0.3) is 10.1 Å². The van der Waals surface area contributed by atoms with Crippen molar-refractivity contribution in [3.63, 3.8) is 0 Å². The normalized spacial score (nSPS) is 12.9. The van der Waals surface area contributed by atoms with Gasteiger partial charge in [-0.1, -0.05) is 12.1 Å². The summed E-state index contributed by atoms with van der Waals surface area (Å²) in [5.41, 5.74) is 0. The molecule has 0 amide bonds.